The highest BCUT2D eigenvalue weighted by molar-refractivity contribution is 6.18. The van der Waals surface area contributed by atoms with Crippen LogP contribution < -0.4 is 10.2 Å². The number of anilines is 2. The van der Waals surface area contributed by atoms with E-state index in [1.807, 2.05) is 0 Å². The summed E-state index contributed by atoms with van der Waals surface area (Å²) in [5.74, 6) is -1.86. The van der Waals surface area contributed by atoms with E-state index in [1.165, 1.54) is 19.1 Å². The van der Waals surface area contributed by atoms with E-state index in [1.54, 1.807) is 30.3 Å². The number of hydrogen-bond acceptors (Lipinski definition) is 4. The Labute approximate surface area is 213 Å². The number of alkyl halides is 6. The molecule has 0 saturated heterocycles. The minimum Gasteiger partial charge on any atom is -0.463 e. The van der Waals surface area contributed by atoms with E-state index in [0.717, 1.165) is 41.3 Å². The van der Waals surface area contributed by atoms with Crippen molar-refractivity contribution in [1.29, 1.82) is 0 Å². The van der Waals surface area contributed by atoms with Crippen LogP contribution in [0.2, 0.25) is 0 Å². The number of carbonyl (C=O) groups excluding carboxylic acids is 2. The third-order valence-corrected chi connectivity index (χ3v) is 5.76. The Balaban J connectivity index is 1.90. The van der Waals surface area contributed by atoms with E-state index in [0.29, 0.717) is 5.56 Å². The average molecular weight is 534 g/mol. The van der Waals surface area contributed by atoms with Crippen LogP contribution in [-0.2, 0) is 26.7 Å². The van der Waals surface area contributed by atoms with E-state index in [9.17, 15) is 35.9 Å². The molecule has 198 valence electrons. The van der Waals surface area contributed by atoms with Gasteiger partial charge in [0.15, 0.2) is 0 Å². The molecule has 0 radical (unpaired) electrons. The van der Waals surface area contributed by atoms with Crippen molar-refractivity contribution in [1.82, 2.24) is 0 Å². The number of rotatable bonds is 6. The molecule has 4 rings (SSSR count). The van der Waals surface area contributed by atoms with Crippen molar-refractivity contribution in [2.24, 2.45) is 0 Å². The molecule has 1 aliphatic heterocycles. The summed E-state index contributed by atoms with van der Waals surface area (Å²) in [4.78, 5) is 27.9. The Morgan fingerprint density at radius 1 is 0.868 bits per heavy atom. The van der Waals surface area contributed by atoms with Gasteiger partial charge in [-0.2, -0.15) is 26.3 Å². The monoisotopic (exact) mass is 534 g/mol. The minimum atomic E-state index is -4.71. The molecule has 0 aromatic heterocycles. The maximum Gasteiger partial charge on any atom is 0.416 e. The Bertz CT molecular complexity index is 1380. The van der Waals surface area contributed by atoms with Crippen molar-refractivity contribution < 1.29 is 40.7 Å². The van der Waals surface area contributed by atoms with Crippen molar-refractivity contribution in [2.75, 3.05) is 16.8 Å². The Morgan fingerprint density at radius 3 is 2.08 bits per heavy atom. The van der Waals surface area contributed by atoms with Crippen LogP contribution in [0.5, 0.6) is 0 Å². The van der Waals surface area contributed by atoms with Gasteiger partial charge in [0, 0.05) is 11.4 Å². The van der Waals surface area contributed by atoms with Gasteiger partial charge in [0.2, 0.25) is 0 Å². The smallest absolute Gasteiger partial charge is 0.416 e. The molecule has 1 aliphatic rings. The third kappa shape index (κ3) is 5.36. The molecule has 1 N–H and O–H groups in total. The van der Waals surface area contributed by atoms with Gasteiger partial charge in [-0.1, -0.05) is 42.5 Å². The summed E-state index contributed by atoms with van der Waals surface area (Å²) >= 11 is 0. The van der Waals surface area contributed by atoms with Crippen LogP contribution in [0.1, 0.15) is 29.7 Å². The first-order valence-corrected chi connectivity index (χ1v) is 11.3. The summed E-state index contributed by atoms with van der Waals surface area (Å²) in [7, 11) is 0. The Hall–Kier alpha value is -4.28. The van der Waals surface area contributed by atoms with Crippen LogP contribution in [0.3, 0.4) is 0 Å². The second kappa shape index (κ2) is 10.2. The number of halogens is 6. The van der Waals surface area contributed by atoms with E-state index in [-0.39, 0.29) is 23.6 Å². The van der Waals surface area contributed by atoms with Crippen LogP contribution in [-0.4, -0.2) is 18.5 Å². The first kappa shape index (κ1) is 26.8. The Kier molecular flexibility index (Phi) is 7.21. The van der Waals surface area contributed by atoms with Gasteiger partial charge in [-0.3, -0.25) is 9.69 Å². The quantitative estimate of drug-likeness (QED) is 0.281. The fourth-order valence-corrected chi connectivity index (χ4v) is 4.13. The molecule has 3 aromatic rings. The highest BCUT2D eigenvalue weighted by atomic mass is 19.4. The van der Waals surface area contributed by atoms with Gasteiger partial charge < -0.3 is 10.1 Å². The topological polar surface area (TPSA) is 58.6 Å². The summed E-state index contributed by atoms with van der Waals surface area (Å²) in [5.41, 5.74) is -2.62. The SMILES string of the molecule is CCOC(=O)C1=C(Nc2cccc(C(F)(F)F)c2)C(=O)N(c2cccc(C(F)(F)F)c2)C1c1ccccc1. The van der Waals surface area contributed by atoms with Gasteiger partial charge in [0.25, 0.3) is 5.91 Å². The third-order valence-electron chi connectivity index (χ3n) is 5.76. The second-order valence-electron chi connectivity index (χ2n) is 8.25. The van der Waals surface area contributed by atoms with E-state index in [4.69, 9.17) is 4.74 Å². The fourth-order valence-electron chi connectivity index (χ4n) is 4.13. The molecule has 1 atom stereocenters. The van der Waals surface area contributed by atoms with Crippen LogP contribution in [0, 0.1) is 0 Å². The van der Waals surface area contributed by atoms with Crippen molar-refractivity contribution in [3.63, 3.8) is 0 Å². The summed E-state index contributed by atoms with van der Waals surface area (Å²) in [6, 6.07) is 14.8. The van der Waals surface area contributed by atoms with Crippen molar-refractivity contribution >= 4 is 23.3 Å². The molecule has 38 heavy (non-hydrogen) atoms. The molecule has 5 nitrogen and oxygen atoms in total. The molecule has 0 fully saturated rings. The highest BCUT2D eigenvalue weighted by Gasteiger charge is 2.46. The fraction of sp³-hybridized carbons (Fsp3) is 0.185. The molecular formula is C27H20F6N2O3. The van der Waals surface area contributed by atoms with Gasteiger partial charge in [-0.05, 0) is 48.9 Å². The van der Waals surface area contributed by atoms with Crippen LogP contribution in [0.25, 0.3) is 0 Å². The number of nitrogens with one attached hydrogen (secondary N) is 1. The van der Waals surface area contributed by atoms with E-state index >= 15 is 0 Å². The lowest BCUT2D eigenvalue weighted by Crippen LogP contribution is -2.32. The average Bonchev–Trinajstić information content (AvgIpc) is 3.16. The number of ether oxygens (including phenoxy) is 1. The summed E-state index contributed by atoms with van der Waals surface area (Å²) < 4.78 is 85.5. The maximum absolute atomic E-state index is 13.8. The molecule has 1 amide bonds. The normalized spacial score (nSPS) is 16.1. The zero-order valence-corrected chi connectivity index (χ0v) is 19.7. The number of hydrogen-bond donors (Lipinski definition) is 1. The first-order valence-electron chi connectivity index (χ1n) is 11.3. The Morgan fingerprint density at radius 2 is 1.47 bits per heavy atom. The summed E-state index contributed by atoms with van der Waals surface area (Å²) in [6.45, 7) is 1.44. The van der Waals surface area contributed by atoms with Gasteiger partial charge in [0.1, 0.15) is 5.70 Å². The highest BCUT2D eigenvalue weighted by Crippen LogP contribution is 2.43. The number of nitrogens with zero attached hydrogens (tertiary/aromatic N) is 1. The molecule has 0 spiro atoms. The second-order valence-corrected chi connectivity index (χ2v) is 8.25. The summed E-state index contributed by atoms with van der Waals surface area (Å²) in [6.07, 6.45) is -9.39. The largest absolute Gasteiger partial charge is 0.463 e. The zero-order valence-electron chi connectivity index (χ0n) is 19.7. The molecule has 0 aliphatic carbocycles. The molecule has 1 heterocycles. The number of amides is 1. The minimum absolute atomic E-state index is 0.0849. The van der Waals surface area contributed by atoms with Crippen molar-refractivity contribution in [2.45, 2.75) is 25.3 Å². The van der Waals surface area contributed by atoms with Crippen LogP contribution >= 0.6 is 0 Å². The van der Waals surface area contributed by atoms with E-state index < -0.39 is 47.1 Å². The molecule has 0 bridgehead atoms. The first-order chi connectivity index (χ1) is 17.9. The molecule has 1 unspecified atom stereocenters. The van der Waals surface area contributed by atoms with Crippen LogP contribution in [0.4, 0.5) is 37.7 Å². The number of esters is 1. The van der Waals surface area contributed by atoms with Gasteiger partial charge in [-0.25, -0.2) is 4.79 Å². The summed E-state index contributed by atoms with van der Waals surface area (Å²) in [5, 5.41) is 2.60. The van der Waals surface area contributed by atoms with Crippen molar-refractivity contribution in [3.8, 4) is 0 Å². The number of benzene rings is 3. The number of carbonyl (C=O) groups is 2. The van der Waals surface area contributed by atoms with Gasteiger partial charge in [0.05, 0.1) is 29.3 Å². The maximum atomic E-state index is 13.8. The predicted octanol–water partition coefficient (Wildman–Crippen LogP) is 6.74. The van der Waals surface area contributed by atoms with Gasteiger partial charge in [-0.15, -0.1) is 0 Å². The lowest BCUT2D eigenvalue weighted by atomic mass is 9.98. The standard InChI is InChI=1S/C27H20F6N2O3/c1-2-38-25(37)21-22(34-19-12-6-10-17(14-19)26(28,29)30)24(36)35(23(21)16-8-4-3-5-9-16)20-13-7-11-18(15-20)27(31,32)33/h3-15,23,34H,2H2,1H3. The van der Waals surface area contributed by atoms with Crippen LogP contribution in [0.15, 0.2) is 90.1 Å². The predicted molar refractivity (Wildman–Crippen MR) is 127 cm³/mol. The lowest BCUT2D eigenvalue weighted by molar-refractivity contribution is -0.139. The van der Waals surface area contributed by atoms with Crippen molar-refractivity contribution in [3.05, 3.63) is 107 Å². The zero-order chi connectivity index (χ0) is 27.7. The molecular weight excluding hydrogens is 514 g/mol. The van der Waals surface area contributed by atoms with Gasteiger partial charge >= 0.3 is 18.3 Å². The molecule has 3 aromatic carbocycles. The lowest BCUT2D eigenvalue weighted by Gasteiger charge is -2.27. The van der Waals surface area contributed by atoms with E-state index in [2.05, 4.69) is 5.32 Å². The molecule has 11 heteroatoms. The molecule has 0 saturated carbocycles.